The van der Waals surface area contributed by atoms with Gasteiger partial charge in [0.1, 0.15) is 11.4 Å². The van der Waals surface area contributed by atoms with Gasteiger partial charge in [0.05, 0.1) is 29.7 Å². The van der Waals surface area contributed by atoms with E-state index in [0.717, 1.165) is 61.1 Å². The largest absolute Gasteiger partial charge is 0.494 e. The molecule has 2 aromatic carbocycles. The lowest BCUT2D eigenvalue weighted by Crippen LogP contribution is -2.29. The molecule has 2 aromatic heterocycles. The Morgan fingerprint density at radius 2 is 1.91 bits per heavy atom. The average molecular weight is 594 g/mol. The van der Waals surface area contributed by atoms with Crippen LogP contribution in [0.15, 0.2) is 61.1 Å². The number of likely N-dealkylation sites (tertiary alicyclic amines) is 1. The third kappa shape index (κ3) is 6.76. The number of aromatic amines is 1. The molecule has 5 rings (SSSR count). The van der Waals surface area contributed by atoms with Gasteiger partial charge in [-0.05, 0) is 74.8 Å². The molecule has 0 unspecified atom stereocenters. The maximum Gasteiger partial charge on any atom is 0.416 e. The number of nitrogens with two attached hydrogens (primary N) is 2. The van der Waals surface area contributed by atoms with Crippen molar-refractivity contribution in [1.82, 2.24) is 14.9 Å². The molecule has 6 N–H and O–H groups in total. The van der Waals surface area contributed by atoms with Crippen molar-refractivity contribution in [2.45, 2.75) is 38.9 Å². The number of aryl methyl sites for hydroxylation is 1. The zero-order valence-corrected chi connectivity index (χ0v) is 24.0. The highest BCUT2D eigenvalue weighted by Gasteiger charge is 2.33. The van der Waals surface area contributed by atoms with Gasteiger partial charge < -0.3 is 20.8 Å². The molecule has 0 saturated carbocycles. The lowest BCUT2D eigenvalue weighted by Gasteiger charge is -2.28. The fourth-order valence-corrected chi connectivity index (χ4v) is 5.28. The molecule has 1 fully saturated rings. The van der Waals surface area contributed by atoms with Crippen LogP contribution in [0.5, 0.6) is 5.75 Å². The van der Waals surface area contributed by atoms with Gasteiger partial charge >= 0.3 is 6.18 Å². The molecule has 1 aliphatic heterocycles. The summed E-state index contributed by atoms with van der Waals surface area (Å²) in [7, 11) is 1.38. The second-order valence-corrected chi connectivity index (χ2v) is 10.6. The zero-order valence-electron chi connectivity index (χ0n) is 24.0. The van der Waals surface area contributed by atoms with Crippen LogP contribution in [0.2, 0.25) is 0 Å². The number of ether oxygens (including phenoxy) is 1. The number of halogens is 3. The fraction of sp³-hybridized carbons (Fsp3) is 0.290. The third-order valence-electron chi connectivity index (χ3n) is 7.55. The van der Waals surface area contributed by atoms with Gasteiger partial charge in [-0.2, -0.15) is 13.2 Å². The van der Waals surface area contributed by atoms with E-state index in [1.807, 2.05) is 19.1 Å². The summed E-state index contributed by atoms with van der Waals surface area (Å²) in [6, 6.07) is 10.6. The summed E-state index contributed by atoms with van der Waals surface area (Å²) in [4.78, 5) is 22.9. The van der Waals surface area contributed by atoms with Crippen LogP contribution in [0.4, 0.5) is 24.5 Å². The summed E-state index contributed by atoms with van der Waals surface area (Å²) in [6.07, 6.45) is 3.38. The lowest BCUT2D eigenvalue weighted by molar-refractivity contribution is -0.137. The second-order valence-electron chi connectivity index (χ2n) is 10.6. The number of rotatable bonds is 8. The molecule has 0 spiro atoms. The molecule has 1 saturated heterocycles. The number of aromatic nitrogens is 2. The first-order valence-corrected chi connectivity index (χ1v) is 13.9. The van der Waals surface area contributed by atoms with E-state index in [-0.39, 0.29) is 23.5 Å². The van der Waals surface area contributed by atoms with E-state index >= 15 is 0 Å². The Morgan fingerprint density at radius 3 is 2.63 bits per heavy atom. The average Bonchev–Trinajstić information content (AvgIpc) is 3.45. The minimum absolute atomic E-state index is 0.0575. The van der Waals surface area contributed by atoms with E-state index in [1.165, 1.54) is 18.3 Å². The second kappa shape index (κ2) is 12.4. The Labute approximate surface area is 247 Å². The summed E-state index contributed by atoms with van der Waals surface area (Å²) in [5, 5.41) is 4.82. The van der Waals surface area contributed by atoms with Crippen LogP contribution < -0.4 is 26.6 Å². The Morgan fingerprint density at radius 1 is 1.14 bits per heavy atom. The van der Waals surface area contributed by atoms with Crippen molar-refractivity contribution in [1.29, 1.82) is 0 Å². The molecule has 226 valence electrons. The Bertz CT molecular complexity index is 1660. The van der Waals surface area contributed by atoms with Crippen LogP contribution in [-0.4, -0.2) is 41.0 Å². The fourth-order valence-electron chi connectivity index (χ4n) is 5.28. The number of benzene rings is 2. The molecule has 4 aromatic rings. The molecule has 0 radical (unpaired) electrons. The van der Waals surface area contributed by atoms with Crippen molar-refractivity contribution < 1.29 is 22.7 Å². The van der Waals surface area contributed by atoms with Gasteiger partial charge in [0.25, 0.3) is 5.91 Å². The molecule has 1 amide bonds. The maximum absolute atomic E-state index is 13.9. The van der Waals surface area contributed by atoms with Crippen LogP contribution in [0.3, 0.4) is 0 Å². The number of alkyl halides is 3. The van der Waals surface area contributed by atoms with Crippen molar-refractivity contribution in [2.75, 3.05) is 30.5 Å². The topological polar surface area (TPSA) is 126 Å². The number of pyridine rings is 1. The molecular weight excluding hydrogens is 559 g/mol. The van der Waals surface area contributed by atoms with E-state index in [0.29, 0.717) is 22.5 Å². The molecule has 0 atom stereocenters. The normalized spacial score (nSPS) is 14.6. The van der Waals surface area contributed by atoms with Gasteiger partial charge in [-0.3, -0.25) is 14.7 Å². The first-order chi connectivity index (χ1) is 20.5. The van der Waals surface area contributed by atoms with Gasteiger partial charge in [-0.1, -0.05) is 12.5 Å². The minimum Gasteiger partial charge on any atom is -0.494 e. The van der Waals surface area contributed by atoms with Crippen LogP contribution in [-0.2, 0) is 12.7 Å². The number of nitrogens with one attached hydrogen (secondary N) is 2. The maximum atomic E-state index is 13.9. The predicted molar refractivity (Wildman–Crippen MR) is 161 cm³/mol. The van der Waals surface area contributed by atoms with Crippen LogP contribution in [0.25, 0.3) is 16.7 Å². The number of hydrogen-bond acceptors (Lipinski definition) is 7. The number of hydrogen-bond donors (Lipinski definition) is 4. The molecule has 43 heavy (non-hydrogen) atoms. The van der Waals surface area contributed by atoms with E-state index in [4.69, 9.17) is 16.3 Å². The SMILES string of the molecule is COc1c(CN2CCCCC2)cc(C(F)(F)F)cc1NC(=O)c1ccc(C)c(N(N)/C=C(\N)c2cnc3[nH]ccc3c2)c1. The molecule has 1 aliphatic rings. The van der Waals surface area contributed by atoms with Gasteiger partial charge in [-0.25, -0.2) is 10.8 Å². The minimum atomic E-state index is -4.60. The number of fused-ring (bicyclic) bond motifs is 1. The number of carbonyl (C=O) groups excluding carboxylic acids is 1. The lowest BCUT2D eigenvalue weighted by atomic mass is 10.0. The highest BCUT2D eigenvalue weighted by atomic mass is 19.4. The molecule has 9 nitrogen and oxygen atoms in total. The van der Waals surface area contributed by atoms with Crippen LogP contribution in [0.1, 0.15) is 51.9 Å². The number of hydrazine groups is 1. The van der Waals surface area contributed by atoms with E-state index < -0.39 is 17.6 Å². The summed E-state index contributed by atoms with van der Waals surface area (Å²) >= 11 is 0. The van der Waals surface area contributed by atoms with Crippen molar-refractivity contribution in [2.24, 2.45) is 11.6 Å². The van der Waals surface area contributed by atoms with Gasteiger partial charge in [0.15, 0.2) is 0 Å². The Balaban J connectivity index is 1.42. The summed E-state index contributed by atoms with van der Waals surface area (Å²) in [6.45, 7) is 3.68. The first-order valence-electron chi connectivity index (χ1n) is 13.9. The number of nitrogens with zero attached hydrogens (tertiary/aromatic N) is 3. The Hall–Kier alpha value is -4.55. The monoisotopic (exact) mass is 593 g/mol. The molecule has 12 heteroatoms. The quantitative estimate of drug-likeness (QED) is 0.151. The van der Waals surface area contributed by atoms with E-state index in [1.54, 1.807) is 30.6 Å². The van der Waals surface area contributed by atoms with Crippen LogP contribution >= 0.6 is 0 Å². The molecular formula is C31H34F3N7O2. The number of anilines is 2. The van der Waals surface area contributed by atoms with Crippen molar-refractivity contribution in [3.05, 3.63) is 88.9 Å². The van der Waals surface area contributed by atoms with Gasteiger partial charge in [0, 0.05) is 47.2 Å². The summed E-state index contributed by atoms with van der Waals surface area (Å²) in [5.74, 6) is 5.92. The smallest absolute Gasteiger partial charge is 0.416 e. The predicted octanol–water partition coefficient (Wildman–Crippen LogP) is 5.77. The van der Waals surface area contributed by atoms with Crippen molar-refractivity contribution >= 4 is 34.0 Å². The summed E-state index contributed by atoms with van der Waals surface area (Å²) in [5.41, 5.74) is 8.91. The van der Waals surface area contributed by atoms with Crippen molar-refractivity contribution in [3.8, 4) is 5.75 Å². The number of piperidine rings is 1. The zero-order chi connectivity index (χ0) is 30.7. The van der Waals surface area contributed by atoms with Gasteiger partial charge in [-0.15, -0.1) is 0 Å². The van der Waals surface area contributed by atoms with E-state index in [2.05, 4.69) is 20.2 Å². The molecule has 3 heterocycles. The van der Waals surface area contributed by atoms with Crippen LogP contribution in [0, 0.1) is 6.92 Å². The number of methoxy groups -OCH3 is 1. The van der Waals surface area contributed by atoms with Crippen molar-refractivity contribution in [3.63, 3.8) is 0 Å². The highest BCUT2D eigenvalue weighted by Crippen LogP contribution is 2.39. The molecule has 0 bridgehead atoms. The first kappa shape index (κ1) is 29.9. The van der Waals surface area contributed by atoms with Gasteiger partial charge in [0.2, 0.25) is 0 Å². The third-order valence-corrected chi connectivity index (χ3v) is 7.55. The number of carbonyl (C=O) groups is 1. The van der Waals surface area contributed by atoms with E-state index in [9.17, 15) is 18.0 Å². The standard InChI is InChI=1S/C31H34F3N7O2/c1-19-6-7-21(14-27(19)41(36)18-25(35)22-12-20-8-9-37-29(20)38-16-22)30(42)39-26-15-24(31(32,33)34)13-23(28(26)43-2)17-40-10-4-3-5-11-40/h6-9,12-16,18H,3-5,10-11,17,35-36H2,1-2H3,(H,37,38)(H,39,42)/b25-18-. The molecule has 0 aliphatic carbocycles. The summed E-state index contributed by atoms with van der Waals surface area (Å²) < 4.78 is 47.2. The highest BCUT2D eigenvalue weighted by molar-refractivity contribution is 6.06. The number of H-pyrrole nitrogens is 1. The number of amides is 1. The Kier molecular flexibility index (Phi) is 8.60.